The molecule has 1 aliphatic heterocycles. The summed E-state index contributed by atoms with van der Waals surface area (Å²) in [6, 6.07) is 3.13. The van der Waals surface area contributed by atoms with E-state index in [1.807, 2.05) is 0 Å². The van der Waals surface area contributed by atoms with Gasteiger partial charge in [-0.25, -0.2) is 4.98 Å². The van der Waals surface area contributed by atoms with Crippen molar-refractivity contribution in [2.45, 2.75) is 12.5 Å². The fraction of sp³-hybridized carbons (Fsp3) is 0.417. The van der Waals surface area contributed by atoms with E-state index < -0.39 is 11.7 Å². The number of pyridine rings is 1. The van der Waals surface area contributed by atoms with Gasteiger partial charge < -0.3 is 10.4 Å². The maximum Gasteiger partial charge on any atom is 0.257 e. The van der Waals surface area contributed by atoms with E-state index in [0.29, 0.717) is 13.0 Å². The van der Waals surface area contributed by atoms with Crippen LogP contribution in [0.5, 0.6) is 5.75 Å². The van der Waals surface area contributed by atoms with E-state index in [1.165, 1.54) is 6.07 Å². The number of anilines is 1. The highest BCUT2D eigenvalue weighted by Gasteiger charge is 2.34. The molecule has 0 spiro atoms. The lowest BCUT2D eigenvalue weighted by Crippen LogP contribution is -2.26. The molecule has 1 amide bonds. The van der Waals surface area contributed by atoms with Gasteiger partial charge in [-0.05, 0) is 19.5 Å². The second-order valence-electron chi connectivity index (χ2n) is 4.50. The minimum atomic E-state index is -1.03. The molecule has 1 saturated heterocycles. The predicted octanol–water partition coefficient (Wildman–Crippen LogP) is 0.709. The van der Waals surface area contributed by atoms with Crippen molar-refractivity contribution in [3.05, 3.63) is 18.2 Å². The Bertz CT molecular complexity index is 543. The summed E-state index contributed by atoms with van der Waals surface area (Å²) in [5, 5.41) is 20.8. The number of halogens is 1. The third-order valence-electron chi connectivity index (χ3n) is 3.21. The summed E-state index contributed by atoms with van der Waals surface area (Å²) in [4.78, 5) is 17.0. The summed E-state index contributed by atoms with van der Waals surface area (Å²) in [5.74, 6) is -2.41. The van der Waals surface area contributed by atoms with Gasteiger partial charge in [0.25, 0.3) is 5.95 Å². The van der Waals surface area contributed by atoms with Crippen LogP contribution in [0.2, 0.25) is 0 Å². The molecule has 2 N–H and O–H groups in total. The van der Waals surface area contributed by atoms with Crippen molar-refractivity contribution in [1.29, 1.82) is 5.26 Å². The molecule has 1 fully saturated rings. The molecule has 2 rings (SSSR count). The zero-order chi connectivity index (χ0) is 14.0. The molecule has 7 heteroatoms. The Kier molecular flexibility index (Phi) is 3.62. The average Bonchev–Trinajstić information content (AvgIpc) is 2.76. The van der Waals surface area contributed by atoms with Gasteiger partial charge in [0.1, 0.15) is 0 Å². The molecule has 0 radical (unpaired) electrons. The lowest BCUT2D eigenvalue weighted by atomic mass is 10.1. The van der Waals surface area contributed by atoms with Crippen LogP contribution in [0.3, 0.4) is 0 Å². The zero-order valence-corrected chi connectivity index (χ0v) is 10.3. The average molecular weight is 264 g/mol. The monoisotopic (exact) mass is 264 g/mol. The second kappa shape index (κ2) is 5.20. The molecule has 1 aromatic heterocycles. The quantitative estimate of drug-likeness (QED) is 0.768. The van der Waals surface area contributed by atoms with Crippen molar-refractivity contribution < 1.29 is 14.3 Å². The fourth-order valence-corrected chi connectivity index (χ4v) is 2.10. The lowest BCUT2D eigenvalue weighted by Gasteiger charge is -2.12. The number of aromatic nitrogens is 1. The van der Waals surface area contributed by atoms with Gasteiger partial charge in [0.05, 0.1) is 23.7 Å². The molecule has 2 heterocycles. The first-order valence-electron chi connectivity index (χ1n) is 5.77. The molecular formula is C12H13FN4O2. The zero-order valence-electron chi connectivity index (χ0n) is 10.3. The van der Waals surface area contributed by atoms with E-state index in [2.05, 4.69) is 16.4 Å². The van der Waals surface area contributed by atoms with Crippen LogP contribution >= 0.6 is 0 Å². The number of hydrogen-bond acceptors (Lipinski definition) is 5. The molecule has 1 aliphatic rings. The van der Waals surface area contributed by atoms with Crippen molar-refractivity contribution in [2.24, 2.45) is 5.92 Å². The van der Waals surface area contributed by atoms with E-state index in [1.54, 1.807) is 11.9 Å². The van der Waals surface area contributed by atoms with Crippen LogP contribution in [0.25, 0.3) is 0 Å². The number of likely N-dealkylation sites (tertiary alicyclic amines) is 1. The van der Waals surface area contributed by atoms with Crippen LogP contribution in [-0.2, 0) is 4.79 Å². The van der Waals surface area contributed by atoms with Gasteiger partial charge in [-0.15, -0.1) is 0 Å². The Labute approximate surface area is 109 Å². The SMILES string of the molecule is CN1CC(C(=O)Nc2ccnc(F)c2O)CC1C#N. The van der Waals surface area contributed by atoms with E-state index in [4.69, 9.17) is 5.26 Å². The summed E-state index contributed by atoms with van der Waals surface area (Å²) in [5.41, 5.74) is -0.0134. The molecule has 100 valence electrons. The first kappa shape index (κ1) is 13.2. The Hall–Kier alpha value is -2.20. The highest BCUT2D eigenvalue weighted by Crippen LogP contribution is 2.27. The Balaban J connectivity index is 2.07. The Morgan fingerprint density at radius 2 is 2.47 bits per heavy atom. The number of amides is 1. The van der Waals surface area contributed by atoms with Crippen LogP contribution in [0.1, 0.15) is 6.42 Å². The fourth-order valence-electron chi connectivity index (χ4n) is 2.10. The maximum absolute atomic E-state index is 13.0. The smallest absolute Gasteiger partial charge is 0.257 e. The number of nitrogens with one attached hydrogen (secondary N) is 1. The summed E-state index contributed by atoms with van der Waals surface area (Å²) in [6.07, 6.45) is 1.58. The van der Waals surface area contributed by atoms with Crippen molar-refractivity contribution in [3.63, 3.8) is 0 Å². The van der Waals surface area contributed by atoms with E-state index in [-0.39, 0.29) is 23.6 Å². The first-order valence-corrected chi connectivity index (χ1v) is 5.77. The van der Waals surface area contributed by atoms with Crippen LogP contribution in [-0.4, -0.2) is 40.5 Å². The van der Waals surface area contributed by atoms with Crippen molar-refractivity contribution in [1.82, 2.24) is 9.88 Å². The summed E-state index contributed by atoms with van der Waals surface area (Å²) < 4.78 is 13.0. The third kappa shape index (κ3) is 2.63. The number of rotatable bonds is 2. The molecule has 1 aromatic rings. The van der Waals surface area contributed by atoms with Crippen LogP contribution in [0.4, 0.5) is 10.1 Å². The Morgan fingerprint density at radius 1 is 1.74 bits per heavy atom. The van der Waals surface area contributed by atoms with Crippen LogP contribution in [0, 0.1) is 23.2 Å². The molecule has 6 nitrogen and oxygen atoms in total. The normalized spacial score (nSPS) is 23.0. The predicted molar refractivity (Wildman–Crippen MR) is 64.6 cm³/mol. The third-order valence-corrected chi connectivity index (χ3v) is 3.21. The van der Waals surface area contributed by atoms with Crippen molar-refractivity contribution in [3.8, 4) is 11.8 Å². The van der Waals surface area contributed by atoms with Crippen molar-refractivity contribution >= 4 is 11.6 Å². The minimum absolute atomic E-state index is 0.0134. The van der Waals surface area contributed by atoms with Crippen molar-refractivity contribution in [2.75, 3.05) is 18.9 Å². The number of carbonyl (C=O) groups excluding carboxylic acids is 1. The minimum Gasteiger partial charge on any atom is -0.502 e. The summed E-state index contributed by atoms with van der Waals surface area (Å²) >= 11 is 0. The number of carbonyl (C=O) groups is 1. The highest BCUT2D eigenvalue weighted by atomic mass is 19.1. The van der Waals surface area contributed by atoms with E-state index in [9.17, 15) is 14.3 Å². The first-order chi connectivity index (χ1) is 9.02. The number of nitrogens with zero attached hydrogens (tertiary/aromatic N) is 3. The van der Waals surface area contributed by atoms with E-state index in [0.717, 1.165) is 6.20 Å². The van der Waals surface area contributed by atoms with Gasteiger partial charge in [0.2, 0.25) is 5.91 Å². The van der Waals surface area contributed by atoms with E-state index >= 15 is 0 Å². The largest absolute Gasteiger partial charge is 0.502 e. The highest BCUT2D eigenvalue weighted by molar-refractivity contribution is 5.94. The molecule has 0 aliphatic carbocycles. The molecule has 0 bridgehead atoms. The van der Waals surface area contributed by atoms with Gasteiger partial charge in [-0.2, -0.15) is 9.65 Å². The number of hydrogen-bond donors (Lipinski definition) is 2. The van der Waals surface area contributed by atoms with Gasteiger partial charge in [-0.3, -0.25) is 9.69 Å². The molecule has 0 aromatic carbocycles. The standard InChI is InChI=1S/C12H13FN4O2/c1-17-6-7(4-8(17)5-14)12(19)16-9-2-3-15-11(13)10(9)18/h2-3,7-8,18H,4,6H2,1H3,(H,15,16,19). The summed E-state index contributed by atoms with van der Waals surface area (Å²) in [7, 11) is 1.77. The number of aromatic hydroxyl groups is 1. The molecule has 2 unspecified atom stereocenters. The van der Waals surface area contributed by atoms with Gasteiger partial charge >= 0.3 is 0 Å². The topological polar surface area (TPSA) is 89.2 Å². The molecule has 0 saturated carbocycles. The molecule has 2 atom stereocenters. The van der Waals surface area contributed by atoms with Crippen LogP contribution in [0.15, 0.2) is 12.3 Å². The molecule has 19 heavy (non-hydrogen) atoms. The number of nitriles is 1. The second-order valence-corrected chi connectivity index (χ2v) is 4.50. The maximum atomic E-state index is 13.0. The van der Waals surface area contributed by atoms with Gasteiger partial charge in [0.15, 0.2) is 5.75 Å². The molecular weight excluding hydrogens is 251 g/mol. The van der Waals surface area contributed by atoms with Crippen LogP contribution < -0.4 is 5.32 Å². The van der Waals surface area contributed by atoms with Gasteiger partial charge in [0, 0.05) is 12.7 Å². The van der Waals surface area contributed by atoms with Gasteiger partial charge in [-0.1, -0.05) is 0 Å². The summed E-state index contributed by atoms with van der Waals surface area (Å²) in [6.45, 7) is 0.457. The lowest BCUT2D eigenvalue weighted by molar-refractivity contribution is -0.119. The Morgan fingerprint density at radius 3 is 3.11 bits per heavy atom.